The Labute approximate surface area is 68.1 Å². The Morgan fingerprint density at radius 3 is 3.27 bits per heavy atom. The van der Waals surface area contributed by atoms with Crippen LogP contribution < -0.4 is 11.1 Å². The third-order valence-electron chi connectivity index (χ3n) is 1.45. The van der Waals surface area contributed by atoms with E-state index in [0.29, 0.717) is 10.8 Å². The topological polar surface area (TPSA) is 75.1 Å². The summed E-state index contributed by atoms with van der Waals surface area (Å²) in [5, 5.41) is 3.08. The number of fused-ring (bicyclic) bond motifs is 1. The second-order valence-electron chi connectivity index (χ2n) is 2.21. The van der Waals surface area contributed by atoms with E-state index in [1.54, 1.807) is 0 Å². The number of nitrogens with two attached hydrogens (primary N) is 1. The molecule has 0 radical (unpaired) electrons. The van der Waals surface area contributed by atoms with E-state index in [2.05, 4.69) is 20.3 Å². The molecule has 1 atom stereocenters. The van der Waals surface area contributed by atoms with E-state index < -0.39 is 5.79 Å². The molecule has 0 bridgehead atoms. The molecule has 0 saturated heterocycles. The minimum Gasteiger partial charge on any atom is -0.319 e. The molecule has 0 aliphatic carbocycles. The first kappa shape index (κ1) is 6.56. The van der Waals surface area contributed by atoms with Crippen LogP contribution >= 0.6 is 12.2 Å². The predicted octanol–water partition coefficient (Wildman–Crippen LogP) is -0.959. The number of aliphatic imine (C=N–C) groups is 3. The molecule has 0 amide bonds. The molecule has 0 spiro atoms. The number of rotatable bonds is 0. The summed E-state index contributed by atoms with van der Waals surface area (Å²) in [6, 6.07) is 0. The van der Waals surface area contributed by atoms with Crippen molar-refractivity contribution < 1.29 is 0 Å². The SMILES string of the molecule is NC12N=CN=C1C=NC(=S)N2. The number of hydrogen-bond acceptors (Lipinski definition) is 4. The molecule has 2 heterocycles. The third-order valence-corrected chi connectivity index (χ3v) is 1.66. The molecule has 1 unspecified atom stereocenters. The number of hydrogen-bond donors (Lipinski definition) is 2. The van der Waals surface area contributed by atoms with Crippen molar-refractivity contribution in [3.8, 4) is 0 Å². The van der Waals surface area contributed by atoms with Gasteiger partial charge in [-0.05, 0) is 12.2 Å². The van der Waals surface area contributed by atoms with Crippen molar-refractivity contribution in [3.05, 3.63) is 0 Å². The van der Waals surface area contributed by atoms with Gasteiger partial charge in [-0.1, -0.05) is 0 Å². The van der Waals surface area contributed by atoms with Gasteiger partial charge >= 0.3 is 0 Å². The van der Waals surface area contributed by atoms with Gasteiger partial charge in [-0.2, -0.15) is 0 Å². The van der Waals surface area contributed by atoms with E-state index >= 15 is 0 Å². The fourth-order valence-electron chi connectivity index (χ4n) is 0.890. The zero-order chi connectivity index (χ0) is 7.90. The minimum atomic E-state index is -0.959. The summed E-state index contributed by atoms with van der Waals surface area (Å²) in [7, 11) is 0. The quantitative estimate of drug-likeness (QED) is 0.456. The highest BCUT2D eigenvalue weighted by molar-refractivity contribution is 7.80. The Hall–Kier alpha value is -1.14. The fourth-order valence-corrected chi connectivity index (χ4v) is 1.10. The van der Waals surface area contributed by atoms with Gasteiger partial charge in [0.15, 0.2) is 5.11 Å². The Kier molecular flexibility index (Phi) is 1.15. The van der Waals surface area contributed by atoms with Crippen LogP contribution in [0.1, 0.15) is 0 Å². The lowest BCUT2D eigenvalue weighted by atomic mass is 10.2. The molecular formula is C5H5N5S. The second kappa shape index (κ2) is 1.93. The summed E-state index contributed by atoms with van der Waals surface area (Å²) in [6.07, 6.45) is 2.91. The summed E-state index contributed by atoms with van der Waals surface area (Å²) in [5.41, 5.74) is 6.33. The number of nitrogens with one attached hydrogen (secondary N) is 1. The van der Waals surface area contributed by atoms with Crippen LogP contribution in [-0.4, -0.2) is 29.2 Å². The van der Waals surface area contributed by atoms with Gasteiger partial charge in [-0.3, -0.25) is 5.73 Å². The Balaban J connectivity index is 2.46. The molecule has 0 aromatic carbocycles. The van der Waals surface area contributed by atoms with Crippen LogP contribution in [0.4, 0.5) is 0 Å². The molecule has 0 saturated carbocycles. The van der Waals surface area contributed by atoms with E-state index in [-0.39, 0.29) is 0 Å². The smallest absolute Gasteiger partial charge is 0.231 e. The average Bonchev–Trinajstić information content (AvgIpc) is 2.28. The molecule has 2 aliphatic heterocycles. The lowest BCUT2D eigenvalue weighted by molar-refractivity contribution is 0.571. The van der Waals surface area contributed by atoms with Crippen LogP contribution in [-0.2, 0) is 0 Å². The van der Waals surface area contributed by atoms with Crippen molar-refractivity contribution in [2.45, 2.75) is 5.79 Å². The molecule has 2 aliphatic rings. The molecule has 56 valence electrons. The maximum atomic E-state index is 5.74. The van der Waals surface area contributed by atoms with Gasteiger partial charge in [-0.15, -0.1) is 0 Å². The molecule has 0 aromatic rings. The van der Waals surface area contributed by atoms with E-state index in [9.17, 15) is 0 Å². The van der Waals surface area contributed by atoms with Crippen LogP contribution in [0, 0.1) is 0 Å². The standard InChI is InChI=1S/C5H5N5S/c6-5-3(8-2-9-5)1-7-4(11)10-5/h1-2H,6H2,(H,10,11). The first-order chi connectivity index (χ1) is 5.21. The van der Waals surface area contributed by atoms with Gasteiger partial charge in [0.1, 0.15) is 12.1 Å². The highest BCUT2D eigenvalue weighted by atomic mass is 32.1. The van der Waals surface area contributed by atoms with Crippen molar-refractivity contribution in [1.82, 2.24) is 5.32 Å². The predicted molar refractivity (Wildman–Crippen MR) is 47.1 cm³/mol. The molecule has 6 heteroatoms. The van der Waals surface area contributed by atoms with E-state index in [4.69, 9.17) is 18.0 Å². The molecule has 2 rings (SSSR count). The van der Waals surface area contributed by atoms with Crippen molar-refractivity contribution in [3.63, 3.8) is 0 Å². The number of thiocarbonyl (C=S) groups is 1. The monoisotopic (exact) mass is 167 g/mol. The Bertz CT molecular complexity index is 304. The molecule has 0 fully saturated rings. The van der Waals surface area contributed by atoms with Crippen LogP contribution in [0.2, 0.25) is 0 Å². The largest absolute Gasteiger partial charge is 0.319 e. The number of nitrogens with zero attached hydrogens (tertiary/aromatic N) is 3. The van der Waals surface area contributed by atoms with Gasteiger partial charge in [-0.25, -0.2) is 15.0 Å². The van der Waals surface area contributed by atoms with Crippen LogP contribution in [0.25, 0.3) is 0 Å². The van der Waals surface area contributed by atoms with E-state index in [1.165, 1.54) is 12.6 Å². The molecule has 11 heavy (non-hydrogen) atoms. The maximum absolute atomic E-state index is 5.74. The summed E-state index contributed by atoms with van der Waals surface area (Å²) in [5.74, 6) is -0.959. The zero-order valence-electron chi connectivity index (χ0n) is 5.48. The zero-order valence-corrected chi connectivity index (χ0v) is 6.30. The van der Waals surface area contributed by atoms with E-state index in [1.807, 2.05) is 0 Å². The normalized spacial score (nSPS) is 33.2. The second-order valence-corrected chi connectivity index (χ2v) is 2.60. The summed E-state index contributed by atoms with van der Waals surface area (Å²) in [4.78, 5) is 11.6. The minimum absolute atomic E-state index is 0.338. The molecule has 3 N–H and O–H groups in total. The molecule has 5 nitrogen and oxygen atoms in total. The van der Waals surface area contributed by atoms with Crippen LogP contribution in [0.5, 0.6) is 0 Å². The van der Waals surface area contributed by atoms with Crippen molar-refractivity contribution in [2.75, 3.05) is 0 Å². The summed E-state index contributed by atoms with van der Waals surface area (Å²) < 4.78 is 0. The lowest BCUT2D eigenvalue weighted by Crippen LogP contribution is -2.60. The fraction of sp³-hybridized carbons (Fsp3) is 0.200. The third kappa shape index (κ3) is 0.873. The van der Waals surface area contributed by atoms with Gasteiger partial charge < -0.3 is 5.32 Å². The van der Waals surface area contributed by atoms with Crippen LogP contribution in [0.15, 0.2) is 15.0 Å². The lowest BCUT2D eigenvalue weighted by Gasteiger charge is -2.25. The van der Waals surface area contributed by atoms with Gasteiger partial charge in [0.2, 0.25) is 5.79 Å². The van der Waals surface area contributed by atoms with Gasteiger partial charge in [0.25, 0.3) is 0 Å². The van der Waals surface area contributed by atoms with Crippen molar-refractivity contribution in [2.24, 2.45) is 20.7 Å². The van der Waals surface area contributed by atoms with Crippen molar-refractivity contribution >= 4 is 35.6 Å². The summed E-state index contributed by atoms with van der Waals surface area (Å²) in [6.45, 7) is 0. The highest BCUT2D eigenvalue weighted by Crippen LogP contribution is 2.09. The molecule has 0 aromatic heterocycles. The van der Waals surface area contributed by atoms with Crippen molar-refractivity contribution in [1.29, 1.82) is 0 Å². The summed E-state index contributed by atoms with van der Waals surface area (Å²) >= 11 is 4.78. The highest BCUT2D eigenvalue weighted by Gasteiger charge is 2.35. The Morgan fingerprint density at radius 2 is 2.45 bits per heavy atom. The molecular weight excluding hydrogens is 162 g/mol. The first-order valence-electron chi connectivity index (χ1n) is 2.98. The van der Waals surface area contributed by atoms with Gasteiger partial charge in [0, 0.05) is 0 Å². The van der Waals surface area contributed by atoms with E-state index in [0.717, 1.165) is 0 Å². The van der Waals surface area contributed by atoms with Gasteiger partial charge in [0.05, 0.1) is 6.21 Å². The average molecular weight is 167 g/mol. The van der Waals surface area contributed by atoms with Crippen LogP contribution in [0.3, 0.4) is 0 Å². The first-order valence-corrected chi connectivity index (χ1v) is 3.39. The Morgan fingerprint density at radius 1 is 1.64 bits per heavy atom. The maximum Gasteiger partial charge on any atom is 0.231 e.